The topological polar surface area (TPSA) is 51.2 Å². The van der Waals surface area contributed by atoms with Crippen molar-refractivity contribution in [3.8, 4) is 17.0 Å². The van der Waals surface area contributed by atoms with Crippen molar-refractivity contribution < 1.29 is 9.53 Å². The minimum atomic E-state index is -0.0670. The smallest absolute Gasteiger partial charge is 0.228 e. The lowest BCUT2D eigenvalue weighted by Gasteiger charge is -2.10. The minimum absolute atomic E-state index is 0.0670. The number of nitrogens with one attached hydrogen (secondary N) is 1. The van der Waals surface area contributed by atoms with Gasteiger partial charge in [0, 0.05) is 10.9 Å². The van der Waals surface area contributed by atoms with Crippen molar-refractivity contribution >= 4 is 22.9 Å². The fraction of sp³-hybridized carbons (Fsp3) is 0.158. The zero-order valence-electron chi connectivity index (χ0n) is 13.6. The summed E-state index contributed by atoms with van der Waals surface area (Å²) < 4.78 is 5.20. The van der Waals surface area contributed by atoms with Gasteiger partial charge in [0.2, 0.25) is 5.91 Å². The van der Waals surface area contributed by atoms with E-state index in [1.165, 1.54) is 0 Å². The van der Waals surface area contributed by atoms with Gasteiger partial charge < -0.3 is 10.1 Å². The molecule has 0 unspecified atom stereocenters. The number of nitrogens with zero attached hydrogens (tertiary/aromatic N) is 1. The van der Waals surface area contributed by atoms with Crippen LogP contribution in [0.4, 0.5) is 5.69 Å². The van der Waals surface area contributed by atoms with Crippen LogP contribution in [0.25, 0.3) is 11.3 Å². The highest BCUT2D eigenvalue weighted by Crippen LogP contribution is 2.28. The Morgan fingerprint density at radius 3 is 2.79 bits per heavy atom. The van der Waals surface area contributed by atoms with Crippen LogP contribution in [0.2, 0.25) is 0 Å². The number of anilines is 1. The Bertz CT molecular complexity index is 858. The molecule has 0 aliphatic rings. The standard InChI is InChI=1S/C19H18N2O2S/c1-13-20-18(12-24-13)16-8-3-4-9-17(16)21-19(22)11-14-6-5-7-15(10-14)23-2/h3-10,12H,11H2,1-2H3,(H,21,22). The first-order valence-electron chi connectivity index (χ1n) is 7.60. The quantitative estimate of drug-likeness (QED) is 0.754. The van der Waals surface area contributed by atoms with Crippen LogP contribution in [0.1, 0.15) is 10.6 Å². The molecule has 0 saturated carbocycles. The Labute approximate surface area is 145 Å². The normalized spacial score (nSPS) is 10.4. The lowest BCUT2D eigenvalue weighted by Crippen LogP contribution is -2.15. The number of hydrogen-bond acceptors (Lipinski definition) is 4. The van der Waals surface area contributed by atoms with Gasteiger partial charge in [-0.05, 0) is 30.7 Å². The molecule has 0 bridgehead atoms. The molecule has 1 aromatic heterocycles. The number of carbonyl (C=O) groups excluding carboxylic acids is 1. The second kappa shape index (κ2) is 7.27. The molecule has 3 aromatic rings. The SMILES string of the molecule is COc1cccc(CC(=O)Nc2ccccc2-c2csc(C)n2)c1. The van der Waals surface area contributed by atoms with E-state index in [0.29, 0.717) is 6.42 Å². The Morgan fingerprint density at radius 2 is 2.04 bits per heavy atom. The zero-order chi connectivity index (χ0) is 16.9. The van der Waals surface area contributed by atoms with Crippen LogP contribution < -0.4 is 10.1 Å². The van der Waals surface area contributed by atoms with E-state index in [4.69, 9.17) is 4.74 Å². The Balaban J connectivity index is 1.77. The van der Waals surface area contributed by atoms with E-state index in [2.05, 4.69) is 10.3 Å². The Kier molecular flexibility index (Phi) is 4.91. The first-order chi connectivity index (χ1) is 11.7. The van der Waals surface area contributed by atoms with Crippen molar-refractivity contribution in [3.05, 3.63) is 64.5 Å². The van der Waals surface area contributed by atoms with E-state index in [9.17, 15) is 4.79 Å². The largest absolute Gasteiger partial charge is 0.497 e. The maximum Gasteiger partial charge on any atom is 0.228 e. The fourth-order valence-corrected chi connectivity index (χ4v) is 3.08. The molecule has 1 N–H and O–H groups in total. The van der Waals surface area contributed by atoms with Crippen molar-refractivity contribution in [2.45, 2.75) is 13.3 Å². The van der Waals surface area contributed by atoms with E-state index in [-0.39, 0.29) is 5.91 Å². The van der Waals surface area contributed by atoms with Crippen molar-refractivity contribution in [2.75, 3.05) is 12.4 Å². The molecule has 2 aromatic carbocycles. The molecule has 122 valence electrons. The molecular formula is C19H18N2O2S. The van der Waals surface area contributed by atoms with Crippen LogP contribution in [0.15, 0.2) is 53.9 Å². The van der Waals surface area contributed by atoms with E-state index >= 15 is 0 Å². The van der Waals surface area contributed by atoms with Crippen molar-refractivity contribution in [1.82, 2.24) is 4.98 Å². The first-order valence-corrected chi connectivity index (χ1v) is 8.48. The van der Waals surface area contributed by atoms with E-state index in [1.54, 1.807) is 18.4 Å². The van der Waals surface area contributed by atoms with Crippen molar-refractivity contribution in [2.24, 2.45) is 0 Å². The highest BCUT2D eigenvalue weighted by atomic mass is 32.1. The van der Waals surface area contributed by atoms with Gasteiger partial charge in [0.1, 0.15) is 5.75 Å². The monoisotopic (exact) mass is 338 g/mol. The molecular weight excluding hydrogens is 320 g/mol. The number of amides is 1. The predicted octanol–water partition coefficient (Wildman–Crippen LogP) is 4.31. The van der Waals surface area contributed by atoms with Crippen molar-refractivity contribution in [1.29, 1.82) is 0 Å². The maximum atomic E-state index is 12.4. The molecule has 4 nitrogen and oxygen atoms in total. The number of methoxy groups -OCH3 is 1. The van der Waals surface area contributed by atoms with E-state index in [1.807, 2.05) is 60.8 Å². The van der Waals surface area contributed by atoms with Gasteiger partial charge in [0.15, 0.2) is 0 Å². The van der Waals surface area contributed by atoms with Crippen LogP contribution in [-0.2, 0) is 11.2 Å². The number of para-hydroxylation sites is 1. The second-order valence-electron chi connectivity index (χ2n) is 5.37. The van der Waals surface area contributed by atoms with E-state index in [0.717, 1.165) is 33.3 Å². The molecule has 0 saturated heterocycles. The third kappa shape index (κ3) is 3.81. The lowest BCUT2D eigenvalue weighted by atomic mass is 10.1. The number of benzene rings is 2. The number of ether oxygens (including phenoxy) is 1. The summed E-state index contributed by atoms with van der Waals surface area (Å²) in [6.45, 7) is 1.97. The highest BCUT2D eigenvalue weighted by Gasteiger charge is 2.11. The summed E-state index contributed by atoms with van der Waals surface area (Å²) in [5.74, 6) is 0.682. The van der Waals surface area contributed by atoms with Crippen LogP contribution in [0.3, 0.4) is 0 Å². The van der Waals surface area contributed by atoms with Gasteiger partial charge in [0.25, 0.3) is 0 Å². The molecule has 0 radical (unpaired) electrons. The van der Waals surface area contributed by atoms with Gasteiger partial charge in [0.05, 0.1) is 29.9 Å². The highest BCUT2D eigenvalue weighted by molar-refractivity contribution is 7.09. The molecule has 0 atom stereocenters. The molecule has 5 heteroatoms. The molecule has 0 aliphatic carbocycles. The van der Waals surface area contributed by atoms with Crippen molar-refractivity contribution in [3.63, 3.8) is 0 Å². The first kappa shape index (κ1) is 16.2. The predicted molar refractivity (Wildman–Crippen MR) is 97.6 cm³/mol. The fourth-order valence-electron chi connectivity index (χ4n) is 2.46. The molecule has 0 aliphatic heterocycles. The van der Waals surface area contributed by atoms with Gasteiger partial charge in [-0.2, -0.15) is 0 Å². The number of thiazole rings is 1. The molecule has 0 spiro atoms. The number of carbonyl (C=O) groups is 1. The third-order valence-electron chi connectivity index (χ3n) is 3.59. The van der Waals surface area contributed by atoms with Gasteiger partial charge >= 0.3 is 0 Å². The molecule has 0 fully saturated rings. The zero-order valence-corrected chi connectivity index (χ0v) is 14.4. The average Bonchev–Trinajstić information content (AvgIpc) is 3.01. The van der Waals surface area contributed by atoms with Crippen LogP contribution in [-0.4, -0.2) is 18.0 Å². The summed E-state index contributed by atoms with van der Waals surface area (Å²) in [5, 5.41) is 5.99. The summed E-state index contributed by atoms with van der Waals surface area (Å²) in [4.78, 5) is 16.9. The summed E-state index contributed by atoms with van der Waals surface area (Å²) in [6.07, 6.45) is 0.293. The van der Waals surface area contributed by atoms with Gasteiger partial charge in [-0.15, -0.1) is 11.3 Å². The summed E-state index contributed by atoms with van der Waals surface area (Å²) in [5.41, 5.74) is 3.50. The number of rotatable bonds is 5. The molecule has 24 heavy (non-hydrogen) atoms. The molecule has 1 heterocycles. The number of aromatic nitrogens is 1. The van der Waals surface area contributed by atoms with Gasteiger partial charge in [-0.25, -0.2) is 4.98 Å². The van der Waals surface area contributed by atoms with Crippen LogP contribution >= 0.6 is 11.3 Å². The van der Waals surface area contributed by atoms with Crippen LogP contribution in [0, 0.1) is 6.92 Å². The molecule has 3 rings (SSSR count). The van der Waals surface area contributed by atoms with Crippen LogP contribution in [0.5, 0.6) is 5.75 Å². The average molecular weight is 338 g/mol. The van der Waals surface area contributed by atoms with Gasteiger partial charge in [-0.1, -0.05) is 30.3 Å². The summed E-state index contributed by atoms with van der Waals surface area (Å²) >= 11 is 1.60. The lowest BCUT2D eigenvalue weighted by molar-refractivity contribution is -0.115. The number of hydrogen-bond donors (Lipinski definition) is 1. The second-order valence-corrected chi connectivity index (χ2v) is 6.44. The summed E-state index contributed by atoms with van der Waals surface area (Å²) in [6, 6.07) is 15.2. The van der Waals surface area contributed by atoms with E-state index < -0.39 is 0 Å². The van der Waals surface area contributed by atoms with Gasteiger partial charge in [-0.3, -0.25) is 4.79 Å². The minimum Gasteiger partial charge on any atom is -0.497 e. The number of aryl methyl sites for hydroxylation is 1. The summed E-state index contributed by atoms with van der Waals surface area (Å²) in [7, 11) is 1.62. The third-order valence-corrected chi connectivity index (χ3v) is 4.37. The Hall–Kier alpha value is -2.66. The molecule has 1 amide bonds. The Morgan fingerprint density at radius 1 is 1.21 bits per heavy atom. The maximum absolute atomic E-state index is 12.4.